The van der Waals surface area contributed by atoms with Crippen LogP contribution in [0, 0.1) is 0 Å². The van der Waals surface area contributed by atoms with E-state index in [1.807, 2.05) is 42.5 Å². The van der Waals surface area contributed by atoms with Gasteiger partial charge in [0.1, 0.15) is 0 Å². The molecule has 152 valence electrons. The molecule has 1 aromatic heterocycles. The third-order valence-corrected chi connectivity index (χ3v) is 7.08. The van der Waals surface area contributed by atoms with E-state index in [1.165, 1.54) is 11.8 Å². The maximum atomic E-state index is 13.1. The SMILES string of the molecule is O=C([O-])c1c(Cc2cccc3ccccc23)c(C2CC2)c2n(c1=O)[C@H](C(=O)[O-])CS2.[Li+].[Li+]. The van der Waals surface area contributed by atoms with Crippen LogP contribution in [-0.4, -0.2) is 22.3 Å². The number of aliphatic carboxylic acids is 1. The summed E-state index contributed by atoms with van der Waals surface area (Å²) < 4.78 is 1.10. The zero-order chi connectivity index (χ0) is 21.0. The molecule has 6 nitrogen and oxygen atoms in total. The number of carboxylic acids is 2. The van der Waals surface area contributed by atoms with Crippen LogP contribution >= 0.6 is 11.8 Å². The molecule has 1 fully saturated rings. The molecule has 2 aliphatic rings. The summed E-state index contributed by atoms with van der Waals surface area (Å²) in [6.07, 6.45) is 2.05. The molecule has 2 heterocycles. The molecule has 5 rings (SSSR count). The molecule has 1 atom stereocenters. The van der Waals surface area contributed by atoms with Gasteiger partial charge < -0.3 is 19.8 Å². The normalized spacial score (nSPS) is 16.7. The molecular formula is C23H17Li2NO5S. The van der Waals surface area contributed by atoms with Crippen LogP contribution in [0.25, 0.3) is 10.8 Å². The van der Waals surface area contributed by atoms with E-state index in [0.29, 0.717) is 10.6 Å². The first kappa shape index (κ1) is 24.8. The number of rotatable bonds is 5. The third kappa shape index (κ3) is 4.09. The summed E-state index contributed by atoms with van der Waals surface area (Å²) in [5.41, 5.74) is 0.916. The number of aromatic nitrogens is 1. The fourth-order valence-electron chi connectivity index (χ4n) is 4.40. The Morgan fingerprint density at radius 3 is 2.38 bits per heavy atom. The second-order valence-corrected chi connectivity index (χ2v) is 8.78. The van der Waals surface area contributed by atoms with E-state index in [-0.39, 0.29) is 55.8 Å². The number of carbonyl (C=O) groups excluding carboxylic acids is 2. The van der Waals surface area contributed by atoms with E-state index in [0.717, 1.165) is 39.3 Å². The number of thioether (sulfide) groups is 1. The number of pyridine rings is 1. The molecule has 0 unspecified atom stereocenters. The Hall–Kier alpha value is -1.87. The standard InChI is InChI=1S/C23H19NO5S.2Li/c25-20-19(23(28)29)16(10-14-6-3-5-12-4-1-2-7-15(12)14)18(13-8-9-13)21-24(20)17(11-30-21)22(26)27;;/h1-7,13,17H,8-11H2,(H,26,27)(H,28,29);;/q;2*+1/p-2/t17-;;/m0../s1. The predicted octanol–water partition coefficient (Wildman–Crippen LogP) is -4.76. The van der Waals surface area contributed by atoms with Crippen molar-refractivity contribution in [3.63, 3.8) is 0 Å². The Bertz CT molecular complexity index is 1280. The van der Waals surface area contributed by atoms with Gasteiger partial charge in [0.05, 0.1) is 28.6 Å². The summed E-state index contributed by atoms with van der Waals surface area (Å²) in [6.45, 7) is 0. The van der Waals surface area contributed by atoms with Crippen molar-refractivity contribution in [2.45, 2.75) is 36.2 Å². The molecule has 1 aliphatic carbocycles. The zero-order valence-electron chi connectivity index (χ0n) is 17.9. The van der Waals surface area contributed by atoms with Crippen molar-refractivity contribution in [2.24, 2.45) is 0 Å². The number of carbonyl (C=O) groups is 2. The second-order valence-electron chi connectivity index (χ2n) is 7.77. The van der Waals surface area contributed by atoms with E-state index in [2.05, 4.69) is 0 Å². The van der Waals surface area contributed by atoms with Gasteiger partial charge in [0.2, 0.25) is 0 Å². The molecule has 0 bridgehead atoms. The van der Waals surface area contributed by atoms with E-state index in [9.17, 15) is 24.6 Å². The molecule has 32 heavy (non-hydrogen) atoms. The Kier molecular flexibility index (Phi) is 7.39. The van der Waals surface area contributed by atoms with Crippen LogP contribution in [0.5, 0.6) is 0 Å². The molecule has 0 radical (unpaired) electrons. The van der Waals surface area contributed by atoms with Crippen molar-refractivity contribution >= 4 is 34.5 Å². The fraction of sp³-hybridized carbons (Fsp3) is 0.261. The van der Waals surface area contributed by atoms with Crippen LogP contribution in [0.2, 0.25) is 0 Å². The fourth-order valence-corrected chi connectivity index (χ4v) is 5.79. The molecule has 2 aromatic carbocycles. The second kappa shape index (κ2) is 9.55. The molecule has 3 aromatic rings. The Morgan fingerprint density at radius 2 is 1.72 bits per heavy atom. The van der Waals surface area contributed by atoms with E-state index >= 15 is 0 Å². The zero-order valence-corrected chi connectivity index (χ0v) is 18.7. The number of carboxylic acid groups (broad SMARTS) is 2. The Labute approximate surface area is 212 Å². The average molecular weight is 433 g/mol. The van der Waals surface area contributed by atoms with Gasteiger partial charge in [0.15, 0.2) is 0 Å². The molecule has 0 saturated heterocycles. The van der Waals surface area contributed by atoms with Crippen molar-refractivity contribution in [1.29, 1.82) is 0 Å². The van der Waals surface area contributed by atoms with Crippen LogP contribution in [0.4, 0.5) is 0 Å². The first-order chi connectivity index (χ1) is 14.5. The quantitative estimate of drug-likeness (QED) is 0.375. The summed E-state index contributed by atoms with van der Waals surface area (Å²) in [6, 6.07) is 12.5. The van der Waals surface area contributed by atoms with Crippen LogP contribution in [0.15, 0.2) is 52.3 Å². The van der Waals surface area contributed by atoms with Crippen molar-refractivity contribution < 1.29 is 57.5 Å². The molecule has 1 aliphatic heterocycles. The minimum absolute atomic E-state index is 0. The summed E-state index contributed by atoms with van der Waals surface area (Å²) in [5.74, 6) is -2.66. The van der Waals surface area contributed by atoms with Gasteiger partial charge in [0.25, 0.3) is 5.56 Å². The summed E-state index contributed by atoms with van der Waals surface area (Å²) >= 11 is 1.29. The Morgan fingerprint density at radius 1 is 1.03 bits per heavy atom. The number of hydrogen-bond acceptors (Lipinski definition) is 6. The maximum absolute atomic E-state index is 13.1. The molecule has 0 amide bonds. The average Bonchev–Trinajstić information content (AvgIpc) is 3.45. The van der Waals surface area contributed by atoms with Gasteiger partial charge in [-0.25, -0.2) is 0 Å². The van der Waals surface area contributed by atoms with E-state index < -0.39 is 29.1 Å². The van der Waals surface area contributed by atoms with Gasteiger partial charge in [-0.1, -0.05) is 42.5 Å². The number of benzene rings is 2. The van der Waals surface area contributed by atoms with Gasteiger partial charge in [-0.3, -0.25) is 9.36 Å². The number of fused-ring (bicyclic) bond motifs is 2. The third-order valence-electron chi connectivity index (χ3n) is 5.91. The van der Waals surface area contributed by atoms with Crippen LogP contribution in [0.3, 0.4) is 0 Å². The summed E-state index contributed by atoms with van der Waals surface area (Å²) in [7, 11) is 0. The van der Waals surface area contributed by atoms with Crippen LogP contribution < -0.4 is 53.5 Å². The Balaban J connectivity index is 0.00000144. The van der Waals surface area contributed by atoms with Crippen molar-refractivity contribution in [3.05, 3.63) is 75.1 Å². The van der Waals surface area contributed by atoms with Crippen LogP contribution in [0.1, 0.15) is 51.8 Å². The molecule has 1 saturated carbocycles. The van der Waals surface area contributed by atoms with Crippen molar-refractivity contribution in [3.8, 4) is 0 Å². The predicted molar refractivity (Wildman–Crippen MR) is 109 cm³/mol. The maximum Gasteiger partial charge on any atom is 1.00 e. The van der Waals surface area contributed by atoms with E-state index in [4.69, 9.17) is 0 Å². The topological polar surface area (TPSA) is 102 Å². The van der Waals surface area contributed by atoms with Gasteiger partial charge in [-0.2, -0.15) is 0 Å². The molecule has 0 spiro atoms. The van der Waals surface area contributed by atoms with Gasteiger partial charge >= 0.3 is 37.7 Å². The van der Waals surface area contributed by atoms with Crippen LogP contribution in [-0.2, 0) is 11.2 Å². The largest absolute Gasteiger partial charge is 1.00 e. The van der Waals surface area contributed by atoms with Crippen molar-refractivity contribution in [2.75, 3.05) is 5.75 Å². The van der Waals surface area contributed by atoms with Crippen molar-refractivity contribution in [1.82, 2.24) is 4.57 Å². The summed E-state index contributed by atoms with van der Waals surface area (Å²) in [4.78, 5) is 36.8. The first-order valence-electron chi connectivity index (χ1n) is 9.80. The number of hydrogen-bond donors (Lipinski definition) is 0. The van der Waals surface area contributed by atoms with Gasteiger partial charge in [0, 0.05) is 5.75 Å². The smallest absolute Gasteiger partial charge is 0.548 e. The summed E-state index contributed by atoms with van der Waals surface area (Å²) in [5, 5.41) is 26.2. The van der Waals surface area contributed by atoms with E-state index in [1.54, 1.807) is 0 Å². The molecule has 9 heteroatoms. The number of nitrogens with zero attached hydrogens (tertiary/aromatic N) is 1. The first-order valence-corrected chi connectivity index (χ1v) is 10.8. The molecule has 0 N–H and O–H groups in total. The van der Waals surface area contributed by atoms with Gasteiger partial charge in [-0.05, 0) is 52.6 Å². The van der Waals surface area contributed by atoms with Gasteiger partial charge in [-0.15, -0.1) is 11.8 Å². The number of aromatic carboxylic acids is 1. The minimum atomic E-state index is -1.57. The monoisotopic (exact) mass is 433 g/mol. The minimum Gasteiger partial charge on any atom is -0.548 e. The molecular weight excluding hydrogens is 416 g/mol.